The Morgan fingerprint density at radius 3 is 1.24 bits per heavy atom. The molecule has 0 aromatic carbocycles. The molecule has 144 valence electrons. The lowest BCUT2D eigenvalue weighted by Gasteiger charge is -2.36. The summed E-state index contributed by atoms with van der Waals surface area (Å²) < 4.78 is 0. The Morgan fingerprint density at radius 1 is 0.600 bits per heavy atom. The predicted molar refractivity (Wildman–Crippen MR) is 111 cm³/mol. The monoisotopic (exact) mass is 344 g/mol. The molecule has 0 atom stereocenters. The first kappa shape index (κ1) is 19.5. The molecule has 3 saturated carbocycles. The van der Waals surface area contributed by atoms with Crippen LogP contribution in [0.25, 0.3) is 0 Å². The zero-order valence-corrected chi connectivity index (χ0v) is 17.3. The molecular weight excluding hydrogens is 300 g/mol. The lowest BCUT2D eigenvalue weighted by Crippen LogP contribution is -2.23. The standard InChI is InChI=1S/C25H44/c1-4-20-5-7-21(8-6-20)17-22-9-11-23(12-10-22)18-24-13-15-25(16-14-24)19(2)3/h20-25H,2,4-18H2,1,3H3. The number of hydrogen-bond donors (Lipinski definition) is 0. The maximum absolute atomic E-state index is 4.18. The highest BCUT2D eigenvalue weighted by atomic mass is 14.3. The highest BCUT2D eigenvalue weighted by Gasteiger charge is 2.29. The third kappa shape index (κ3) is 5.86. The minimum atomic E-state index is 0.842. The summed E-state index contributed by atoms with van der Waals surface area (Å²) in [6.45, 7) is 8.81. The second-order valence-electron chi connectivity index (χ2n) is 10.2. The lowest BCUT2D eigenvalue weighted by molar-refractivity contribution is 0.167. The van der Waals surface area contributed by atoms with Crippen LogP contribution in [0.2, 0.25) is 0 Å². The van der Waals surface area contributed by atoms with Gasteiger partial charge in [-0.25, -0.2) is 0 Å². The van der Waals surface area contributed by atoms with Gasteiger partial charge in [-0.1, -0.05) is 76.9 Å². The van der Waals surface area contributed by atoms with E-state index >= 15 is 0 Å². The van der Waals surface area contributed by atoms with Crippen LogP contribution in [0.15, 0.2) is 12.2 Å². The summed E-state index contributed by atoms with van der Waals surface area (Å²) in [6.07, 6.45) is 22.7. The summed E-state index contributed by atoms with van der Waals surface area (Å²) in [5, 5.41) is 0. The SMILES string of the molecule is C=C(C)C1CCC(CC2CCC(CC3CCC(CC)CC3)CC2)CC1. The molecule has 0 N–H and O–H groups in total. The van der Waals surface area contributed by atoms with Crippen LogP contribution in [0.4, 0.5) is 0 Å². The topological polar surface area (TPSA) is 0 Å². The Bertz CT molecular complexity index is 384. The van der Waals surface area contributed by atoms with E-state index in [0.717, 1.165) is 35.5 Å². The fourth-order valence-corrected chi connectivity index (χ4v) is 6.41. The van der Waals surface area contributed by atoms with Crippen molar-refractivity contribution in [3.05, 3.63) is 12.2 Å². The smallest absolute Gasteiger partial charge is 0.0208 e. The van der Waals surface area contributed by atoms with Crippen molar-refractivity contribution in [2.45, 2.75) is 110 Å². The molecule has 3 rings (SSSR count). The van der Waals surface area contributed by atoms with Crippen molar-refractivity contribution in [1.82, 2.24) is 0 Å². The van der Waals surface area contributed by atoms with E-state index in [4.69, 9.17) is 0 Å². The van der Waals surface area contributed by atoms with E-state index in [0.29, 0.717) is 0 Å². The average Bonchev–Trinajstić information content (AvgIpc) is 2.64. The van der Waals surface area contributed by atoms with Crippen LogP contribution in [0, 0.1) is 35.5 Å². The van der Waals surface area contributed by atoms with Crippen molar-refractivity contribution in [3.63, 3.8) is 0 Å². The van der Waals surface area contributed by atoms with Crippen LogP contribution in [-0.4, -0.2) is 0 Å². The second-order valence-corrected chi connectivity index (χ2v) is 10.2. The molecule has 3 aliphatic rings. The molecule has 0 unspecified atom stereocenters. The molecular formula is C25H44. The van der Waals surface area contributed by atoms with Crippen LogP contribution >= 0.6 is 0 Å². The fraction of sp³-hybridized carbons (Fsp3) is 0.920. The van der Waals surface area contributed by atoms with Gasteiger partial charge >= 0.3 is 0 Å². The van der Waals surface area contributed by atoms with Gasteiger partial charge in [-0.3, -0.25) is 0 Å². The Kier molecular flexibility index (Phi) is 7.50. The largest absolute Gasteiger partial charge is 0.0999 e. The zero-order chi connectivity index (χ0) is 17.6. The van der Waals surface area contributed by atoms with Gasteiger partial charge in [0.1, 0.15) is 0 Å². The van der Waals surface area contributed by atoms with Crippen molar-refractivity contribution in [1.29, 1.82) is 0 Å². The first-order valence-corrected chi connectivity index (χ1v) is 11.8. The molecule has 0 saturated heterocycles. The van der Waals surface area contributed by atoms with Crippen molar-refractivity contribution in [3.8, 4) is 0 Å². The quantitative estimate of drug-likeness (QED) is 0.426. The summed E-state index contributed by atoms with van der Waals surface area (Å²) in [7, 11) is 0. The molecule has 0 nitrogen and oxygen atoms in total. The molecule has 25 heavy (non-hydrogen) atoms. The first-order valence-electron chi connectivity index (χ1n) is 11.8. The number of hydrogen-bond acceptors (Lipinski definition) is 0. The Morgan fingerprint density at radius 2 is 0.920 bits per heavy atom. The van der Waals surface area contributed by atoms with Crippen LogP contribution in [0.1, 0.15) is 110 Å². The number of allylic oxidation sites excluding steroid dienone is 1. The van der Waals surface area contributed by atoms with Crippen LogP contribution in [-0.2, 0) is 0 Å². The molecule has 0 amide bonds. The minimum absolute atomic E-state index is 0.842. The second kappa shape index (κ2) is 9.61. The molecule has 0 aromatic rings. The maximum Gasteiger partial charge on any atom is -0.0208 e. The molecule has 0 radical (unpaired) electrons. The minimum Gasteiger partial charge on any atom is -0.0999 e. The number of rotatable bonds is 6. The molecule has 0 aliphatic heterocycles. The van der Waals surface area contributed by atoms with Gasteiger partial charge in [0.05, 0.1) is 0 Å². The Labute approximate surface area is 158 Å². The van der Waals surface area contributed by atoms with Crippen molar-refractivity contribution in [2.75, 3.05) is 0 Å². The van der Waals surface area contributed by atoms with Gasteiger partial charge < -0.3 is 0 Å². The summed E-state index contributed by atoms with van der Waals surface area (Å²) >= 11 is 0. The van der Waals surface area contributed by atoms with Crippen molar-refractivity contribution >= 4 is 0 Å². The Balaban J connectivity index is 1.31. The van der Waals surface area contributed by atoms with E-state index in [1.807, 2.05) is 0 Å². The summed E-state index contributed by atoms with van der Waals surface area (Å²) in [5.41, 5.74) is 1.44. The molecule has 0 heterocycles. The van der Waals surface area contributed by atoms with E-state index in [1.165, 1.54) is 50.5 Å². The molecule has 0 spiro atoms. The van der Waals surface area contributed by atoms with Crippen LogP contribution < -0.4 is 0 Å². The van der Waals surface area contributed by atoms with Crippen LogP contribution in [0.3, 0.4) is 0 Å². The van der Waals surface area contributed by atoms with E-state index in [1.54, 1.807) is 51.4 Å². The highest BCUT2D eigenvalue weighted by Crippen LogP contribution is 2.42. The van der Waals surface area contributed by atoms with Gasteiger partial charge in [-0.05, 0) is 81.0 Å². The summed E-state index contributed by atoms with van der Waals surface area (Å²) in [4.78, 5) is 0. The fourth-order valence-electron chi connectivity index (χ4n) is 6.41. The third-order valence-electron chi connectivity index (χ3n) is 8.39. The zero-order valence-electron chi connectivity index (χ0n) is 17.3. The van der Waals surface area contributed by atoms with Gasteiger partial charge in [0.15, 0.2) is 0 Å². The van der Waals surface area contributed by atoms with Gasteiger partial charge in [0.25, 0.3) is 0 Å². The molecule has 0 aromatic heterocycles. The normalized spacial score (nSPS) is 39.9. The van der Waals surface area contributed by atoms with E-state index in [2.05, 4.69) is 20.4 Å². The van der Waals surface area contributed by atoms with E-state index in [-0.39, 0.29) is 0 Å². The Hall–Kier alpha value is -0.260. The van der Waals surface area contributed by atoms with Gasteiger partial charge in [-0.2, -0.15) is 0 Å². The van der Waals surface area contributed by atoms with Gasteiger partial charge in [-0.15, -0.1) is 0 Å². The lowest BCUT2D eigenvalue weighted by atomic mass is 9.70. The highest BCUT2D eigenvalue weighted by molar-refractivity contribution is 4.98. The molecule has 0 heteroatoms. The van der Waals surface area contributed by atoms with E-state index < -0.39 is 0 Å². The molecule has 0 bridgehead atoms. The summed E-state index contributed by atoms with van der Waals surface area (Å²) in [5.74, 6) is 6.18. The van der Waals surface area contributed by atoms with Gasteiger partial charge in [0.2, 0.25) is 0 Å². The van der Waals surface area contributed by atoms with Crippen molar-refractivity contribution < 1.29 is 0 Å². The van der Waals surface area contributed by atoms with E-state index in [9.17, 15) is 0 Å². The third-order valence-corrected chi connectivity index (χ3v) is 8.39. The molecule has 3 aliphatic carbocycles. The first-order chi connectivity index (χ1) is 12.1. The predicted octanol–water partition coefficient (Wildman–Crippen LogP) is 8.17. The maximum atomic E-state index is 4.18. The average molecular weight is 345 g/mol. The van der Waals surface area contributed by atoms with Gasteiger partial charge in [0, 0.05) is 0 Å². The van der Waals surface area contributed by atoms with Crippen LogP contribution in [0.5, 0.6) is 0 Å². The van der Waals surface area contributed by atoms with Crippen molar-refractivity contribution in [2.24, 2.45) is 35.5 Å². The summed E-state index contributed by atoms with van der Waals surface area (Å²) in [6, 6.07) is 0. The molecule has 3 fully saturated rings.